The Morgan fingerprint density at radius 2 is 1.94 bits per heavy atom. The van der Waals surface area contributed by atoms with Crippen LogP contribution < -0.4 is 5.73 Å². The molecule has 0 aromatic carbocycles. The Morgan fingerprint density at radius 3 is 2.44 bits per heavy atom. The average molecular weight is 247 g/mol. The van der Waals surface area contributed by atoms with Gasteiger partial charge in [-0.2, -0.15) is 0 Å². The highest BCUT2D eigenvalue weighted by atomic mass is 15.2. The molecule has 3 nitrogen and oxygen atoms in total. The van der Waals surface area contributed by atoms with Crippen molar-refractivity contribution >= 4 is 0 Å². The minimum absolute atomic E-state index is 0.109. The monoisotopic (exact) mass is 247 g/mol. The predicted molar refractivity (Wildman–Crippen MR) is 75.1 cm³/mol. The topological polar surface area (TPSA) is 42.2 Å². The van der Waals surface area contributed by atoms with Crippen LogP contribution in [0.5, 0.6) is 0 Å². The van der Waals surface area contributed by atoms with Crippen molar-refractivity contribution in [3.8, 4) is 0 Å². The van der Waals surface area contributed by atoms with E-state index >= 15 is 0 Å². The molecule has 1 aromatic heterocycles. The maximum Gasteiger partial charge on any atom is 0.0671 e. The van der Waals surface area contributed by atoms with Crippen molar-refractivity contribution in [2.24, 2.45) is 17.6 Å². The lowest BCUT2D eigenvalue weighted by Crippen LogP contribution is -2.46. The van der Waals surface area contributed by atoms with Crippen molar-refractivity contribution in [3.05, 3.63) is 30.1 Å². The number of hydrogen-bond donors (Lipinski definition) is 1. The van der Waals surface area contributed by atoms with Gasteiger partial charge in [0.25, 0.3) is 0 Å². The van der Waals surface area contributed by atoms with Crippen LogP contribution in [0.4, 0.5) is 0 Å². The van der Waals surface area contributed by atoms with Crippen LogP contribution >= 0.6 is 0 Å². The van der Waals surface area contributed by atoms with E-state index < -0.39 is 0 Å². The summed E-state index contributed by atoms with van der Waals surface area (Å²) in [5, 5.41) is 0. The van der Waals surface area contributed by atoms with E-state index in [0.29, 0.717) is 0 Å². The second kappa shape index (κ2) is 5.81. The third-order valence-corrected chi connectivity index (χ3v) is 3.78. The molecule has 2 N–H and O–H groups in total. The molecule has 0 bridgehead atoms. The molecule has 2 heterocycles. The standard InChI is InChI=1S/C15H25N3/c1-11-8-12(2)10-18(9-11)15(13(3)16)14-6-4-5-7-17-14/h4-7,11-13,15H,8-10,16H2,1-3H3. The second-order valence-electron chi connectivity index (χ2n) is 5.96. The van der Waals surface area contributed by atoms with E-state index in [1.54, 1.807) is 0 Å². The first-order valence-electron chi connectivity index (χ1n) is 6.98. The molecule has 0 radical (unpaired) electrons. The lowest BCUT2D eigenvalue weighted by molar-refractivity contribution is 0.0827. The molecule has 0 amide bonds. The lowest BCUT2D eigenvalue weighted by atomic mass is 9.89. The number of aromatic nitrogens is 1. The zero-order valence-electron chi connectivity index (χ0n) is 11.7. The Kier molecular flexibility index (Phi) is 4.36. The Labute approximate surface area is 110 Å². The summed E-state index contributed by atoms with van der Waals surface area (Å²) in [5.74, 6) is 1.50. The van der Waals surface area contributed by atoms with Gasteiger partial charge >= 0.3 is 0 Å². The largest absolute Gasteiger partial charge is 0.326 e. The van der Waals surface area contributed by atoms with Crippen molar-refractivity contribution in [1.82, 2.24) is 9.88 Å². The van der Waals surface area contributed by atoms with Crippen LogP contribution in [0, 0.1) is 11.8 Å². The smallest absolute Gasteiger partial charge is 0.0671 e. The maximum absolute atomic E-state index is 6.21. The van der Waals surface area contributed by atoms with Crippen molar-refractivity contribution < 1.29 is 0 Å². The maximum atomic E-state index is 6.21. The number of hydrogen-bond acceptors (Lipinski definition) is 3. The molecule has 1 saturated heterocycles. The van der Waals surface area contributed by atoms with Crippen LogP contribution in [-0.2, 0) is 0 Å². The molecule has 4 unspecified atom stereocenters. The summed E-state index contributed by atoms with van der Waals surface area (Å²) in [7, 11) is 0. The summed E-state index contributed by atoms with van der Waals surface area (Å²) in [6.07, 6.45) is 3.19. The molecule has 1 fully saturated rings. The Morgan fingerprint density at radius 1 is 1.28 bits per heavy atom. The first kappa shape index (κ1) is 13.5. The molecule has 3 heteroatoms. The third kappa shape index (κ3) is 3.09. The van der Waals surface area contributed by atoms with Gasteiger partial charge in [-0.05, 0) is 37.3 Å². The van der Waals surface area contributed by atoms with Crippen LogP contribution in [0.3, 0.4) is 0 Å². The molecule has 4 atom stereocenters. The number of nitrogens with two attached hydrogens (primary N) is 1. The fourth-order valence-corrected chi connectivity index (χ4v) is 3.28. The summed E-state index contributed by atoms with van der Waals surface area (Å²) < 4.78 is 0. The molecule has 0 aliphatic carbocycles. The number of rotatable bonds is 3. The highest BCUT2D eigenvalue weighted by molar-refractivity contribution is 5.11. The summed E-state index contributed by atoms with van der Waals surface area (Å²) in [6.45, 7) is 9.02. The van der Waals surface area contributed by atoms with Crippen molar-refractivity contribution in [2.45, 2.75) is 39.3 Å². The number of piperidine rings is 1. The van der Waals surface area contributed by atoms with Gasteiger partial charge in [-0.1, -0.05) is 19.9 Å². The first-order chi connectivity index (χ1) is 8.58. The van der Waals surface area contributed by atoms with Gasteiger partial charge in [0.15, 0.2) is 0 Å². The minimum atomic E-state index is 0.109. The van der Waals surface area contributed by atoms with E-state index in [1.807, 2.05) is 12.3 Å². The minimum Gasteiger partial charge on any atom is -0.326 e. The normalized spacial score (nSPS) is 28.9. The first-order valence-corrected chi connectivity index (χ1v) is 6.98. The van der Waals surface area contributed by atoms with Gasteiger partial charge < -0.3 is 5.73 Å². The highest BCUT2D eigenvalue weighted by Gasteiger charge is 2.30. The van der Waals surface area contributed by atoms with Crippen molar-refractivity contribution in [1.29, 1.82) is 0 Å². The third-order valence-electron chi connectivity index (χ3n) is 3.78. The van der Waals surface area contributed by atoms with Crippen LogP contribution in [0.25, 0.3) is 0 Å². The van der Waals surface area contributed by atoms with Gasteiger partial charge in [0, 0.05) is 25.3 Å². The lowest BCUT2D eigenvalue weighted by Gasteiger charge is -2.41. The number of pyridine rings is 1. The molecule has 100 valence electrons. The Balaban J connectivity index is 2.20. The molecule has 2 rings (SSSR count). The van der Waals surface area contributed by atoms with Crippen LogP contribution in [0.1, 0.15) is 38.9 Å². The zero-order valence-corrected chi connectivity index (χ0v) is 11.7. The van der Waals surface area contributed by atoms with Gasteiger partial charge in [0.05, 0.1) is 11.7 Å². The van der Waals surface area contributed by atoms with E-state index in [2.05, 4.69) is 42.8 Å². The predicted octanol–water partition coefficient (Wildman–Crippen LogP) is 2.45. The zero-order chi connectivity index (χ0) is 13.1. The Bertz CT molecular complexity index is 353. The molecule has 18 heavy (non-hydrogen) atoms. The SMILES string of the molecule is CC1CC(C)CN(C(c2ccccn2)C(C)N)C1. The van der Waals surface area contributed by atoms with E-state index in [9.17, 15) is 0 Å². The van der Waals surface area contributed by atoms with E-state index in [0.717, 1.165) is 30.6 Å². The van der Waals surface area contributed by atoms with Crippen LogP contribution in [0.2, 0.25) is 0 Å². The quantitative estimate of drug-likeness (QED) is 0.892. The number of likely N-dealkylation sites (tertiary alicyclic amines) is 1. The van der Waals surface area contributed by atoms with E-state index in [4.69, 9.17) is 5.73 Å². The summed E-state index contributed by atoms with van der Waals surface area (Å²) >= 11 is 0. The molecular weight excluding hydrogens is 222 g/mol. The van der Waals surface area contributed by atoms with Gasteiger partial charge in [0.1, 0.15) is 0 Å². The average Bonchev–Trinajstić information content (AvgIpc) is 2.28. The van der Waals surface area contributed by atoms with Crippen molar-refractivity contribution in [2.75, 3.05) is 13.1 Å². The molecule has 0 spiro atoms. The Hall–Kier alpha value is -0.930. The second-order valence-corrected chi connectivity index (χ2v) is 5.96. The van der Waals surface area contributed by atoms with E-state index in [1.165, 1.54) is 6.42 Å². The fraction of sp³-hybridized carbons (Fsp3) is 0.667. The van der Waals surface area contributed by atoms with Crippen molar-refractivity contribution in [3.63, 3.8) is 0 Å². The molecular formula is C15H25N3. The summed E-state index contributed by atoms with van der Waals surface area (Å²) in [5.41, 5.74) is 7.31. The van der Waals surface area contributed by atoms with E-state index in [-0.39, 0.29) is 12.1 Å². The number of nitrogens with zero attached hydrogens (tertiary/aromatic N) is 2. The highest BCUT2D eigenvalue weighted by Crippen LogP contribution is 2.29. The molecule has 1 aliphatic rings. The van der Waals surface area contributed by atoms with Crippen LogP contribution in [0.15, 0.2) is 24.4 Å². The fourth-order valence-electron chi connectivity index (χ4n) is 3.28. The summed E-state index contributed by atoms with van der Waals surface area (Å²) in [4.78, 5) is 7.02. The van der Waals surface area contributed by atoms with Gasteiger partial charge in [-0.3, -0.25) is 9.88 Å². The van der Waals surface area contributed by atoms with Gasteiger partial charge in [-0.15, -0.1) is 0 Å². The molecule has 1 aliphatic heterocycles. The summed E-state index contributed by atoms with van der Waals surface area (Å²) in [6, 6.07) is 6.46. The van der Waals surface area contributed by atoms with Crippen LogP contribution in [-0.4, -0.2) is 29.0 Å². The van der Waals surface area contributed by atoms with Gasteiger partial charge in [0.2, 0.25) is 0 Å². The molecule has 0 saturated carbocycles. The van der Waals surface area contributed by atoms with Gasteiger partial charge in [-0.25, -0.2) is 0 Å². The molecule has 1 aromatic rings.